The summed E-state index contributed by atoms with van der Waals surface area (Å²) in [5.41, 5.74) is 2.09. The van der Waals surface area contributed by atoms with Crippen LogP contribution in [-0.2, 0) is 6.42 Å². The number of hydrogen-bond donors (Lipinski definition) is 2. The van der Waals surface area contributed by atoms with Crippen molar-refractivity contribution < 1.29 is 4.79 Å². The fourth-order valence-electron chi connectivity index (χ4n) is 1.81. The second-order valence-corrected chi connectivity index (χ2v) is 5.53. The second-order valence-electron chi connectivity index (χ2n) is 4.66. The first-order valence-electron chi connectivity index (χ1n) is 6.84. The van der Waals surface area contributed by atoms with Gasteiger partial charge in [-0.3, -0.25) is 0 Å². The Kier molecular flexibility index (Phi) is 6.31. The van der Waals surface area contributed by atoms with Crippen LogP contribution in [0.5, 0.6) is 0 Å². The minimum atomic E-state index is -0.237. The number of nitrogens with one attached hydrogen (secondary N) is 2. The van der Waals surface area contributed by atoms with E-state index in [1.165, 1.54) is 0 Å². The molecule has 114 valence electrons. The van der Waals surface area contributed by atoms with E-state index < -0.39 is 0 Å². The lowest BCUT2D eigenvalue weighted by molar-refractivity contribution is 0.244. The van der Waals surface area contributed by atoms with Crippen molar-refractivity contribution in [2.75, 3.05) is 6.54 Å². The van der Waals surface area contributed by atoms with E-state index in [0.717, 1.165) is 17.5 Å². The Morgan fingerprint density at radius 2 is 1.55 bits per heavy atom. The second kappa shape index (κ2) is 8.47. The predicted octanol–water partition coefficient (Wildman–Crippen LogP) is 4.51. The van der Waals surface area contributed by atoms with Crippen molar-refractivity contribution in [3.05, 3.63) is 75.9 Å². The first-order chi connectivity index (χ1) is 10.6. The summed E-state index contributed by atoms with van der Waals surface area (Å²) in [6, 6.07) is 14.7. The van der Waals surface area contributed by atoms with Gasteiger partial charge >= 0.3 is 6.03 Å². The predicted molar refractivity (Wildman–Crippen MR) is 92.2 cm³/mol. The number of carbonyl (C=O) groups excluding carboxylic acids is 1. The molecule has 0 spiro atoms. The molecule has 0 bridgehead atoms. The number of benzene rings is 2. The summed E-state index contributed by atoms with van der Waals surface area (Å²) in [6.45, 7) is 0.558. The van der Waals surface area contributed by atoms with E-state index in [0.29, 0.717) is 16.6 Å². The first kappa shape index (κ1) is 16.4. The van der Waals surface area contributed by atoms with Gasteiger partial charge in [-0.25, -0.2) is 4.79 Å². The molecule has 0 saturated heterocycles. The quantitative estimate of drug-likeness (QED) is 0.830. The molecule has 0 aliphatic rings. The Labute approximate surface area is 139 Å². The highest BCUT2D eigenvalue weighted by atomic mass is 35.5. The van der Waals surface area contributed by atoms with Gasteiger partial charge in [-0.15, -0.1) is 0 Å². The van der Waals surface area contributed by atoms with E-state index in [1.54, 1.807) is 24.4 Å². The molecule has 2 rings (SSSR count). The number of halogens is 2. The highest BCUT2D eigenvalue weighted by Gasteiger charge is 1.98. The van der Waals surface area contributed by atoms with Gasteiger partial charge in [0, 0.05) is 22.8 Å². The maximum atomic E-state index is 11.6. The van der Waals surface area contributed by atoms with Gasteiger partial charge in [-0.05, 0) is 47.9 Å². The molecule has 0 aliphatic carbocycles. The Hall–Kier alpha value is -1.97. The molecule has 5 heteroatoms. The molecule has 3 nitrogen and oxygen atoms in total. The normalized spacial score (nSPS) is 10.6. The summed E-state index contributed by atoms with van der Waals surface area (Å²) < 4.78 is 0. The Morgan fingerprint density at radius 3 is 2.18 bits per heavy atom. The molecule has 2 N–H and O–H groups in total. The first-order valence-corrected chi connectivity index (χ1v) is 7.60. The third-order valence-electron chi connectivity index (χ3n) is 2.97. The van der Waals surface area contributed by atoms with Crippen molar-refractivity contribution in [1.82, 2.24) is 10.6 Å². The van der Waals surface area contributed by atoms with Gasteiger partial charge in [0.2, 0.25) is 0 Å². The monoisotopic (exact) mass is 334 g/mol. The summed E-state index contributed by atoms with van der Waals surface area (Å²) in [6.07, 6.45) is 4.15. The van der Waals surface area contributed by atoms with Crippen LogP contribution in [0.25, 0.3) is 6.08 Å². The zero-order valence-corrected chi connectivity index (χ0v) is 13.4. The lowest BCUT2D eigenvalue weighted by Crippen LogP contribution is -2.33. The topological polar surface area (TPSA) is 41.1 Å². The fourth-order valence-corrected chi connectivity index (χ4v) is 2.06. The van der Waals surface area contributed by atoms with Crippen LogP contribution in [0.3, 0.4) is 0 Å². The van der Waals surface area contributed by atoms with E-state index in [9.17, 15) is 4.79 Å². The average Bonchev–Trinajstić information content (AvgIpc) is 2.51. The van der Waals surface area contributed by atoms with Gasteiger partial charge in [0.25, 0.3) is 0 Å². The standard InChI is InChI=1S/C17H16Cl2N2O/c18-15-5-1-13(2-6-15)9-11-20-17(22)21-12-10-14-3-7-16(19)8-4-14/h1-9,11H,10,12H2,(H2,20,21,22)/b11-9+. The van der Waals surface area contributed by atoms with E-state index in [-0.39, 0.29) is 6.03 Å². The zero-order chi connectivity index (χ0) is 15.8. The Bertz CT molecular complexity index is 637. The van der Waals surface area contributed by atoms with Crippen molar-refractivity contribution in [2.24, 2.45) is 0 Å². The van der Waals surface area contributed by atoms with Crippen LogP contribution in [0.1, 0.15) is 11.1 Å². The molecular formula is C17H16Cl2N2O. The molecule has 0 aromatic heterocycles. The third-order valence-corrected chi connectivity index (χ3v) is 3.48. The van der Waals surface area contributed by atoms with Gasteiger partial charge < -0.3 is 10.6 Å². The smallest absolute Gasteiger partial charge is 0.318 e. The molecule has 0 fully saturated rings. The van der Waals surface area contributed by atoms with Crippen LogP contribution >= 0.6 is 23.2 Å². The molecule has 22 heavy (non-hydrogen) atoms. The molecular weight excluding hydrogens is 319 g/mol. The van der Waals surface area contributed by atoms with E-state index in [2.05, 4.69) is 10.6 Å². The summed E-state index contributed by atoms with van der Waals surface area (Å²) in [5.74, 6) is 0. The van der Waals surface area contributed by atoms with Crippen molar-refractivity contribution in [1.29, 1.82) is 0 Å². The van der Waals surface area contributed by atoms with Crippen LogP contribution in [0.15, 0.2) is 54.7 Å². The summed E-state index contributed by atoms with van der Waals surface area (Å²) in [5, 5.41) is 6.84. The number of urea groups is 1. The molecule has 2 aromatic rings. The average molecular weight is 335 g/mol. The van der Waals surface area contributed by atoms with Gasteiger partial charge in [-0.2, -0.15) is 0 Å². The summed E-state index contributed by atoms with van der Waals surface area (Å²) >= 11 is 11.6. The van der Waals surface area contributed by atoms with Gasteiger partial charge in [-0.1, -0.05) is 47.5 Å². The van der Waals surface area contributed by atoms with Crippen LogP contribution in [-0.4, -0.2) is 12.6 Å². The SMILES string of the molecule is O=C(N/C=C/c1ccc(Cl)cc1)NCCc1ccc(Cl)cc1. The molecule has 0 heterocycles. The fraction of sp³-hybridized carbons (Fsp3) is 0.118. The number of hydrogen-bond acceptors (Lipinski definition) is 1. The maximum Gasteiger partial charge on any atom is 0.318 e. The van der Waals surface area contributed by atoms with Gasteiger partial charge in [0.1, 0.15) is 0 Å². The zero-order valence-electron chi connectivity index (χ0n) is 11.9. The minimum absolute atomic E-state index is 0.237. The number of amides is 2. The molecule has 2 aromatic carbocycles. The van der Waals surface area contributed by atoms with Gasteiger partial charge in [0.15, 0.2) is 0 Å². The highest BCUT2D eigenvalue weighted by Crippen LogP contribution is 2.10. The molecule has 2 amide bonds. The van der Waals surface area contributed by atoms with Crippen molar-refractivity contribution in [2.45, 2.75) is 6.42 Å². The number of rotatable bonds is 5. The maximum absolute atomic E-state index is 11.6. The van der Waals surface area contributed by atoms with Crippen LogP contribution in [0, 0.1) is 0 Å². The lowest BCUT2D eigenvalue weighted by atomic mass is 10.1. The summed E-state index contributed by atoms with van der Waals surface area (Å²) in [4.78, 5) is 11.6. The Morgan fingerprint density at radius 1 is 0.955 bits per heavy atom. The molecule has 0 radical (unpaired) electrons. The largest absolute Gasteiger partial charge is 0.338 e. The van der Waals surface area contributed by atoms with Crippen LogP contribution in [0.2, 0.25) is 10.0 Å². The van der Waals surface area contributed by atoms with Crippen molar-refractivity contribution in [3.8, 4) is 0 Å². The highest BCUT2D eigenvalue weighted by molar-refractivity contribution is 6.30. The molecule has 0 aliphatic heterocycles. The van der Waals surface area contributed by atoms with Crippen molar-refractivity contribution >= 4 is 35.3 Å². The third kappa shape index (κ3) is 5.80. The van der Waals surface area contributed by atoms with Gasteiger partial charge in [0.05, 0.1) is 0 Å². The Balaban J connectivity index is 1.69. The summed E-state index contributed by atoms with van der Waals surface area (Å²) in [7, 11) is 0. The molecule has 0 unspecified atom stereocenters. The molecule has 0 atom stereocenters. The van der Waals surface area contributed by atoms with E-state index >= 15 is 0 Å². The van der Waals surface area contributed by atoms with Crippen LogP contribution in [0.4, 0.5) is 4.79 Å². The van der Waals surface area contributed by atoms with E-state index in [4.69, 9.17) is 23.2 Å². The van der Waals surface area contributed by atoms with Crippen molar-refractivity contribution in [3.63, 3.8) is 0 Å². The number of carbonyl (C=O) groups is 1. The molecule has 0 saturated carbocycles. The van der Waals surface area contributed by atoms with E-state index in [1.807, 2.05) is 36.4 Å². The van der Waals surface area contributed by atoms with Crippen LogP contribution < -0.4 is 10.6 Å². The minimum Gasteiger partial charge on any atom is -0.338 e. The lowest BCUT2D eigenvalue weighted by Gasteiger charge is -2.05.